The van der Waals surface area contributed by atoms with Gasteiger partial charge in [0.15, 0.2) is 5.76 Å². The Hall–Kier alpha value is -3.43. The summed E-state index contributed by atoms with van der Waals surface area (Å²) in [6.45, 7) is 5.85. The van der Waals surface area contributed by atoms with E-state index in [1.54, 1.807) is 6.07 Å². The van der Waals surface area contributed by atoms with Crippen LogP contribution in [0.5, 0.6) is 0 Å². The summed E-state index contributed by atoms with van der Waals surface area (Å²) >= 11 is 1.43. The lowest BCUT2D eigenvalue weighted by molar-refractivity contribution is 0.102. The van der Waals surface area contributed by atoms with Crippen molar-refractivity contribution in [2.24, 2.45) is 0 Å². The number of amides is 1. The fraction of sp³-hybridized carbons (Fsp3) is 0.174. The number of carbonyl (C=O) groups excluding carboxylic acids is 1. The number of nitriles is 1. The second kappa shape index (κ2) is 7.53. The highest BCUT2D eigenvalue weighted by molar-refractivity contribution is 7.16. The van der Waals surface area contributed by atoms with Crippen LogP contribution in [0.1, 0.15) is 39.0 Å². The first-order chi connectivity index (χ1) is 14.0. The monoisotopic (exact) mass is 401 g/mol. The van der Waals surface area contributed by atoms with Crippen LogP contribution < -0.4 is 5.32 Å². The summed E-state index contributed by atoms with van der Waals surface area (Å²) in [5.74, 6) is 1.12. The number of nitrogens with zero attached hydrogens (tertiary/aromatic N) is 2. The zero-order valence-electron chi connectivity index (χ0n) is 16.4. The number of anilines is 1. The van der Waals surface area contributed by atoms with Gasteiger partial charge in [-0.05, 0) is 50.1 Å². The van der Waals surface area contributed by atoms with Gasteiger partial charge in [-0.1, -0.05) is 25.1 Å². The van der Waals surface area contributed by atoms with Gasteiger partial charge in [0, 0.05) is 10.3 Å². The van der Waals surface area contributed by atoms with Crippen molar-refractivity contribution in [3.8, 4) is 17.5 Å². The molecule has 0 saturated heterocycles. The Morgan fingerprint density at radius 2 is 2.03 bits per heavy atom. The van der Waals surface area contributed by atoms with E-state index in [4.69, 9.17) is 4.42 Å². The summed E-state index contributed by atoms with van der Waals surface area (Å²) in [5, 5.41) is 13.9. The van der Waals surface area contributed by atoms with Crippen molar-refractivity contribution >= 4 is 33.1 Å². The molecule has 0 radical (unpaired) electrons. The number of fused-ring (bicyclic) bond motifs is 1. The van der Waals surface area contributed by atoms with E-state index in [1.165, 1.54) is 11.3 Å². The van der Waals surface area contributed by atoms with Crippen LogP contribution >= 0.6 is 11.3 Å². The number of pyridine rings is 1. The molecule has 5 nitrogen and oxygen atoms in total. The maximum atomic E-state index is 13.2. The topological polar surface area (TPSA) is 78.9 Å². The Morgan fingerprint density at radius 1 is 1.24 bits per heavy atom. The van der Waals surface area contributed by atoms with Gasteiger partial charge in [0.25, 0.3) is 5.91 Å². The van der Waals surface area contributed by atoms with E-state index in [2.05, 4.69) is 16.4 Å². The van der Waals surface area contributed by atoms with E-state index in [0.29, 0.717) is 33.1 Å². The number of hydrogen-bond donors (Lipinski definition) is 1. The third kappa shape index (κ3) is 3.41. The molecular weight excluding hydrogens is 382 g/mol. The number of thiophene rings is 1. The van der Waals surface area contributed by atoms with Crippen molar-refractivity contribution in [1.29, 1.82) is 5.26 Å². The van der Waals surface area contributed by atoms with Crippen LogP contribution in [-0.4, -0.2) is 10.9 Å². The highest BCUT2D eigenvalue weighted by atomic mass is 32.1. The molecule has 0 saturated carbocycles. The van der Waals surface area contributed by atoms with Crippen LogP contribution in [0.2, 0.25) is 0 Å². The summed E-state index contributed by atoms with van der Waals surface area (Å²) in [4.78, 5) is 18.9. The minimum atomic E-state index is -0.270. The molecule has 0 bridgehead atoms. The molecule has 144 valence electrons. The molecule has 4 aromatic rings. The molecule has 3 heterocycles. The van der Waals surface area contributed by atoms with Crippen LogP contribution in [-0.2, 0) is 6.42 Å². The molecule has 0 atom stereocenters. The molecule has 0 unspecified atom stereocenters. The number of aromatic nitrogens is 1. The molecule has 0 aliphatic heterocycles. The van der Waals surface area contributed by atoms with Crippen LogP contribution in [0.3, 0.4) is 0 Å². The van der Waals surface area contributed by atoms with Gasteiger partial charge < -0.3 is 9.73 Å². The van der Waals surface area contributed by atoms with Crippen LogP contribution in [0.15, 0.2) is 46.9 Å². The Balaban J connectivity index is 1.81. The Bertz CT molecular complexity index is 1280. The summed E-state index contributed by atoms with van der Waals surface area (Å²) in [6, 6.07) is 15.2. The quantitative estimate of drug-likeness (QED) is 0.464. The average molecular weight is 401 g/mol. The predicted octanol–water partition coefficient (Wildman–Crippen LogP) is 5.86. The van der Waals surface area contributed by atoms with E-state index in [-0.39, 0.29) is 5.91 Å². The lowest BCUT2D eigenvalue weighted by atomic mass is 10.1. The van der Waals surface area contributed by atoms with Crippen molar-refractivity contribution in [2.75, 3.05) is 5.32 Å². The van der Waals surface area contributed by atoms with Gasteiger partial charge in [0.05, 0.1) is 16.6 Å². The normalized spacial score (nSPS) is 10.8. The number of benzene rings is 1. The van der Waals surface area contributed by atoms with Gasteiger partial charge in [-0.15, -0.1) is 11.3 Å². The summed E-state index contributed by atoms with van der Waals surface area (Å²) < 4.78 is 5.71. The van der Waals surface area contributed by atoms with E-state index >= 15 is 0 Å². The molecule has 1 N–H and O–H groups in total. The highest BCUT2D eigenvalue weighted by Gasteiger charge is 2.20. The minimum Gasteiger partial charge on any atom is -0.460 e. The van der Waals surface area contributed by atoms with E-state index in [0.717, 1.165) is 28.0 Å². The largest absolute Gasteiger partial charge is 0.460 e. The molecule has 0 aliphatic rings. The predicted molar refractivity (Wildman–Crippen MR) is 115 cm³/mol. The molecule has 0 aliphatic carbocycles. The van der Waals surface area contributed by atoms with Crippen molar-refractivity contribution in [2.45, 2.75) is 27.2 Å². The molecule has 1 amide bonds. The van der Waals surface area contributed by atoms with Crippen molar-refractivity contribution in [3.05, 3.63) is 69.8 Å². The zero-order valence-corrected chi connectivity index (χ0v) is 17.2. The maximum absolute atomic E-state index is 13.2. The van der Waals surface area contributed by atoms with E-state index < -0.39 is 0 Å². The first-order valence-corrected chi connectivity index (χ1v) is 10.1. The molecular formula is C23H19N3O2S. The van der Waals surface area contributed by atoms with Crippen molar-refractivity contribution in [1.82, 2.24) is 4.98 Å². The average Bonchev–Trinajstić information content (AvgIpc) is 3.29. The molecule has 0 spiro atoms. The van der Waals surface area contributed by atoms with Crippen LogP contribution in [0.25, 0.3) is 22.4 Å². The second-order valence-electron chi connectivity index (χ2n) is 6.74. The van der Waals surface area contributed by atoms with Gasteiger partial charge in [0.2, 0.25) is 0 Å². The Labute approximate surface area is 172 Å². The number of carbonyl (C=O) groups is 1. The standard InChI is InChI=1S/C23H19N3O2S/c1-4-15-14(3)29-23(18(15)12-24)26-22(27)17-11-20(21-10-9-13(2)28-21)25-19-8-6-5-7-16(17)19/h5-11H,4H2,1-3H3,(H,26,27). The number of furan rings is 1. The SMILES string of the molecule is CCc1c(C)sc(NC(=O)c2cc(-c3ccc(C)o3)nc3ccccc23)c1C#N. The molecule has 29 heavy (non-hydrogen) atoms. The molecule has 3 aromatic heterocycles. The zero-order chi connectivity index (χ0) is 20.5. The van der Waals surface area contributed by atoms with Crippen molar-refractivity contribution < 1.29 is 9.21 Å². The number of nitrogens with one attached hydrogen (secondary N) is 1. The fourth-order valence-electron chi connectivity index (χ4n) is 3.44. The van der Waals surface area contributed by atoms with Gasteiger partial charge in [-0.2, -0.15) is 5.26 Å². The first kappa shape index (κ1) is 18.9. The molecule has 0 fully saturated rings. The third-order valence-electron chi connectivity index (χ3n) is 4.86. The number of para-hydroxylation sites is 1. The second-order valence-corrected chi connectivity index (χ2v) is 7.97. The third-order valence-corrected chi connectivity index (χ3v) is 5.92. The maximum Gasteiger partial charge on any atom is 0.257 e. The van der Waals surface area contributed by atoms with Gasteiger partial charge in [-0.3, -0.25) is 4.79 Å². The van der Waals surface area contributed by atoms with E-state index in [9.17, 15) is 10.1 Å². The summed E-state index contributed by atoms with van der Waals surface area (Å²) in [5.41, 5.74) is 3.33. The summed E-state index contributed by atoms with van der Waals surface area (Å²) in [7, 11) is 0. The number of aryl methyl sites for hydroxylation is 2. The lowest BCUT2D eigenvalue weighted by Gasteiger charge is -2.09. The van der Waals surface area contributed by atoms with Crippen LogP contribution in [0.4, 0.5) is 5.00 Å². The van der Waals surface area contributed by atoms with Gasteiger partial charge in [-0.25, -0.2) is 4.98 Å². The molecule has 4 rings (SSSR count). The fourth-order valence-corrected chi connectivity index (χ4v) is 4.53. The lowest BCUT2D eigenvalue weighted by Crippen LogP contribution is -2.13. The van der Waals surface area contributed by atoms with Gasteiger partial charge in [0.1, 0.15) is 22.5 Å². The molecule has 6 heteroatoms. The van der Waals surface area contributed by atoms with Crippen molar-refractivity contribution in [3.63, 3.8) is 0 Å². The van der Waals surface area contributed by atoms with E-state index in [1.807, 2.05) is 57.2 Å². The number of hydrogen-bond acceptors (Lipinski definition) is 5. The number of rotatable bonds is 4. The Morgan fingerprint density at radius 3 is 2.72 bits per heavy atom. The van der Waals surface area contributed by atoms with Crippen LogP contribution in [0, 0.1) is 25.2 Å². The smallest absolute Gasteiger partial charge is 0.257 e. The summed E-state index contributed by atoms with van der Waals surface area (Å²) in [6.07, 6.45) is 0.751. The minimum absolute atomic E-state index is 0.270. The highest BCUT2D eigenvalue weighted by Crippen LogP contribution is 2.34. The first-order valence-electron chi connectivity index (χ1n) is 9.32. The molecule has 1 aromatic carbocycles. The van der Waals surface area contributed by atoms with Gasteiger partial charge >= 0.3 is 0 Å². The Kier molecular flexibility index (Phi) is 4.91.